The Labute approximate surface area is 225 Å². The van der Waals surface area contributed by atoms with Gasteiger partial charge in [0.15, 0.2) is 0 Å². The molecule has 0 bridgehead atoms. The summed E-state index contributed by atoms with van der Waals surface area (Å²) in [5.74, 6) is -0.557. The summed E-state index contributed by atoms with van der Waals surface area (Å²) in [7, 11) is 0. The van der Waals surface area contributed by atoms with Gasteiger partial charge in [0.1, 0.15) is 5.60 Å². The van der Waals surface area contributed by atoms with Gasteiger partial charge in [-0.1, -0.05) is 18.7 Å². The molecule has 1 atom stereocenters. The third-order valence-corrected chi connectivity index (χ3v) is 7.15. The van der Waals surface area contributed by atoms with E-state index in [4.69, 9.17) is 9.47 Å². The molecule has 3 aliphatic rings. The Kier molecular flexibility index (Phi) is 7.98. The van der Waals surface area contributed by atoms with Crippen molar-refractivity contribution in [1.82, 2.24) is 15.1 Å². The number of likely N-dealkylation sites (tertiary alicyclic amines) is 2. The molecule has 3 heterocycles. The van der Waals surface area contributed by atoms with Gasteiger partial charge in [0, 0.05) is 49.4 Å². The van der Waals surface area contributed by atoms with Gasteiger partial charge in [0.25, 0.3) is 5.91 Å². The molecule has 8 nitrogen and oxygen atoms in total. The van der Waals surface area contributed by atoms with Crippen molar-refractivity contribution >= 4 is 12.0 Å². The standard InChI is InChI=1S/C30H38N4O4/c1-6-7-25(33-11-10-30(18-33)19-34(20-30)28(36)38-29(3,4)5)12-21(2)15-32-27(35)22-8-9-23-16-37-17-24(14-31)26(23)13-22/h6-9,12-13,24H,2,10-11,15-20H2,1,3-5H3,(H,32,35)/b7-6-,25-12+. The van der Waals surface area contributed by atoms with Crippen LogP contribution in [0.2, 0.25) is 0 Å². The van der Waals surface area contributed by atoms with Crippen LogP contribution in [0.3, 0.4) is 0 Å². The van der Waals surface area contributed by atoms with E-state index < -0.39 is 5.60 Å². The fourth-order valence-electron chi connectivity index (χ4n) is 5.28. The van der Waals surface area contributed by atoms with Gasteiger partial charge in [-0.3, -0.25) is 4.79 Å². The van der Waals surface area contributed by atoms with E-state index in [0.29, 0.717) is 38.4 Å². The zero-order valence-electron chi connectivity index (χ0n) is 22.9. The van der Waals surface area contributed by atoms with Gasteiger partial charge >= 0.3 is 6.09 Å². The second-order valence-electron chi connectivity index (χ2n) is 11.5. The van der Waals surface area contributed by atoms with E-state index in [2.05, 4.69) is 28.9 Å². The van der Waals surface area contributed by atoms with Crippen molar-refractivity contribution in [2.24, 2.45) is 5.41 Å². The molecule has 8 heteroatoms. The second kappa shape index (κ2) is 11.0. The first-order valence-corrected chi connectivity index (χ1v) is 13.2. The molecule has 4 rings (SSSR count). The maximum atomic E-state index is 12.8. The first kappa shape index (κ1) is 27.5. The number of carbonyl (C=O) groups excluding carboxylic acids is 2. The average Bonchev–Trinajstić information content (AvgIpc) is 3.30. The van der Waals surface area contributed by atoms with Gasteiger partial charge in [-0.25, -0.2) is 4.79 Å². The van der Waals surface area contributed by atoms with E-state index >= 15 is 0 Å². The molecule has 3 aliphatic heterocycles. The number of hydrogen-bond acceptors (Lipinski definition) is 6. The molecule has 0 aromatic heterocycles. The molecule has 1 aromatic rings. The van der Waals surface area contributed by atoms with Crippen LogP contribution >= 0.6 is 0 Å². The van der Waals surface area contributed by atoms with Gasteiger partial charge in [0.05, 0.1) is 25.2 Å². The summed E-state index contributed by atoms with van der Waals surface area (Å²) >= 11 is 0. The first-order chi connectivity index (χ1) is 18.0. The fourth-order valence-corrected chi connectivity index (χ4v) is 5.28. The summed E-state index contributed by atoms with van der Waals surface area (Å²) in [5.41, 5.74) is 3.77. The number of nitrogens with one attached hydrogen (secondary N) is 1. The predicted molar refractivity (Wildman–Crippen MR) is 145 cm³/mol. The molecule has 1 aromatic carbocycles. The molecule has 202 valence electrons. The van der Waals surface area contributed by atoms with Gasteiger partial charge in [0.2, 0.25) is 0 Å². The monoisotopic (exact) mass is 518 g/mol. The van der Waals surface area contributed by atoms with E-state index in [1.54, 1.807) is 17.0 Å². The summed E-state index contributed by atoms with van der Waals surface area (Å²) < 4.78 is 11.0. The highest BCUT2D eigenvalue weighted by Crippen LogP contribution is 2.41. The zero-order valence-corrected chi connectivity index (χ0v) is 22.9. The average molecular weight is 519 g/mol. The fraction of sp³-hybridized carbons (Fsp3) is 0.500. The lowest BCUT2D eigenvalue weighted by Crippen LogP contribution is -2.60. The molecule has 0 saturated carbocycles. The molecule has 1 unspecified atom stereocenters. The van der Waals surface area contributed by atoms with Crippen LogP contribution in [-0.4, -0.2) is 66.7 Å². The third kappa shape index (κ3) is 6.28. The van der Waals surface area contributed by atoms with Crippen LogP contribution in [-0.2, 0) is 16.1 Å². The van der Waals surface area contributed by atoms with E-state index in [0.717, 1.165) is 41.9 Å². The number of ether oxygens (including phenoxy) is 2. The van der Waals surface area contributed by atoms with Crippen molar-refractivity contribution in [2.45, 2.75) is 52.2 Å². The Morgan fingerprint density at radius 3 is 2.71 bits per heavy atom. The molecule has 38 heavy (non-hydrogen) atoms. The highest BCUT2D eigenvalue weighted by atomic mass is 16.6. The second-order valence-corrected chi connectivity index (χ2v) is 11.5. The van der Waals surface area contributed by atoms with Gasteiger partial charge < -0.3 is 24.6 Å². The van der Waals surface area contributed by atoms with Gasteiger partial charge in [-0.2, -0.15) is 5.26 Å². The van der Waals surface area contributed by atoms with Crippen LogP contribution in [0.1, 0.15) is 61.5 Å². The molecular weight excluding hydrogens is 480 g/mol. The van der Waals surface area contributed by atoms with Crippen molar-refractivity contribution in [3.8, 4) is 6.07 Å². The summed E-state index contributed by atoms with van der Waals surface area (Å²) in [6.45, 7) is 16.1. The van der Waals surface area contributed by atoms with Crippen molar-refractivity contribution in [3.63, 3.8) is 0 Å². The SMILES string of the molecule is C=C(/C=C(\C=C/C)N1CCC2(CN(C(=O)OC(C)(C)C)C2)C1)CNC(=O)c1ccc2c(c1)C(C#N)COC2. The molecule has 1 spiro atoms. The largest absolute Gasteiger partial charge is 0.444 e. The van der Waals surface area contributed by atoms with Crippen LogP contribution < -0.4 is 5.32 Å². The number of allylic oxidation sites excluding steroid dienone is 2. The summed E-state index contributed by atoms with van der Waals surface area (Å²) in [4.78, 5) is 29.3. The van der Waals surface area contributed by atoms with E-state index in [-0.39, 0.29) is 23.3 Å². The lowest BCUT2D eigenvalue weighted by atomic mass is 9.79. The minimum atomic E-state index is -0.493. The van der Waals surface area contributed by atoms with Crippen LogP contribution in [0.4, 0.5) is 4.79 Å². The maximum absolute atomic E-state index is 12.8. The van der Waals surface area contributed by atoms with Crippen LogP contribution in [0, 0.1) is 16.7 Å². The van der Waals surface area contributed by atoms with Gasteiger partial charge in [-0.05, 0) is 75.1 Å². The van der Waals surface area contributed by atoms with Crippen molar-refractivity contribution in [2.75, 3.05) is 39.3 Å². The number of nitrogens with zero attached hydrogens (tertiary/aromatic N) is 3. The Bertz CT molecular complexity index is 1200. The normalized spacial score (nSPS) is 20.6. The Morgan fingerprint density at radius 1 is 1.29 bits per heavy atom. The highest BCUT2D eigenvalue weighted by Gasteiger charge is 2.50. The minimum Gasteiger partial charge on any atom is -0.444 e. The molecule has 2 amide bonds. The molecule has 2 fully saturated rings. The maximum Gasteiger partial charge on any atom is 0.410 e. The summed E-state index contributed by atoms with van der Waals surface area (Å²) in [6.07, 6.45) is 6.84. The smallest absolute Gasteiger partial charge is 0.410 e. The quantitative estimate of drug-likeness (QED) is 0.557. The van der Waals surface area contributed by atoms with E-state index in [1.807, 2.05) is 45.9 Å². The van der Waals surface area contributed by atoms with E-state index in [9.17, 15) is 14.9 Å². The summed E-state index contributed by atoms with van der Waals surface area (Å²) in [5, 5.41) is 12.4. The predicted octanol–water partition coefficient (Wildman–Crippen LogP) is 4.51. The number of amides is 2. The highest BCUT2D eigenvalue weighted by molar-refractivity contribution is 5.94. The van der Waals surface area contributed by atoms with E-state index in [1.165, 1.54) is 0 Å². The number of hydrogen-bond donors (Lipinski definition) is 1. The van der Waals surface area contributed by atoms with Crippen molar-refractivity contribution < 1.29 is 19.1 Å². The topological polar surface area (TPSA) is 94.9 Å². The number of carbonyl (C=O) groups is 2. The van der Waals surface area contributed by atoms with Crippen molar-refractivity contribution in [3.05, 3.63) is 71.0 Å². The summed E-state index contributed by atoms with van der Waals surface area (Å²) in [6, 6.07) is 7.68. The molecule has 2 saturated heterocycles. The zero-order chi connectivity index (χ0) is 27.5. The number of rotatable bonds is 6. The van der Waals surface area contributed by atoms with Gasteiger partial charge in [-0.15, -0.1) is 0 Å². The Morgan fingerprint density at radius 2 is 2.03 bits per heavy atom. The molecular formula is C30H38N4O4. The lowest BCUT2D eigenvalue weighted by Gasteiger charge is -2.47. The first-order valence-electron chi connectivity index (χ1n) is 13.2. The van der Waals surface area contributed by atoms with Crippen LogP contribution in [0.15, 0.2) is 54.3 Å². The van der Waals surface area contributed by atoms with Crippen LogP contribution in [0.25, 0.3) is 0 Å². The lowest BCUT2D eigenvalue weighted by molar-refractivity contribution is -0.0295. The third-order valence-electron chi connectivity index (χ3n) is 7.15. The Hall–Kier alpha value is -3.57. The molecule has 1 N–H and O–H groups in total. The van der Waals surface area contributed by atoms with Crippen LogP contribution in [0.5, 0.6) is 0 Å². The Balaban J connectivity index is 1.33. The number of nitriles is 1. The number of fused-ring (bicyclic) bond motifs is 1. The minimum absolute atomic E-state index is 0.0892. The van der Waals surface area contributed by atoms with Crippen molar-refractivity contribution in [1.29, 1.82) is 5.26 Å². The number of benzene rings is 1. The molecule has 0 aliphatic carbocycles. The molecule has 0 radical (unpaired) electrons.